The number of fused-ring (bicyclic) bond motifs is 1. The number of rotatable bonds is 4. The summed E-state index contributed by atoms with van der Waals surface area (Å²) in [6.07, 6.45) is 6.12. The Kier molecular flexibility index (Phi) is 9.65. The van der Waals surface area contributed by atoms with E-state index in [0.29, 0.717) is 24.5 Å². The van der Waals surface area contributed by atoms with Crippen LogP contribution in [0.15, 0.2) is 0 Å². The summed E-state index contributed by atoms with van der Waals surface area (Å²) in [4.78, 5) is 0. The van der Waals surface area contributed by atoms with E-state index < -0.39 is 6.29 Å². The molecule has 0 aromatic rings. The van der Waals surface area contributed by atoms with Crippen LogP contribution in [0.25, 0.3) is 0 Å². The zero-order chi connectivity index (χ0) is 13.8. The Balaban J connectivity index is 0.00000200. The van der Waals surface area contributed by atoms with Crippen molar-refractivity contribution >= 4 is 0 Å². The van der Waals surface area contributed by atoms with E-state index in [9.17, 15) is 5.11 Å². The van der Waals surface area contributed by atoms with Gasteiger partial charge in [0.25, 0.3) is 0 Å². The van der Waals surface area contributed by atoms with Crippen LogP contribution in [-0.2, 0) is 9.47 Å². The fourth-order valence-electron chi connectivity index (χ4n) is 4.01. The second-order valence-electron chi connectivity index (χ2n) is 6.45. The summed E-state index contributed by atoms with van der Waals surface area (Å²) in [5, 5.41) is 10.1. The Labute approximate surface area is 128 Å². The van der Waals surface area contributed by atoms with Crippen LogP contribution in [0, 0.1) is 23.7 Å². The van der Waals surface area contributed by atoms with Crippen molar-refractivity contribution in [3.8, 4) is 0 Å². The molecule has 0 amide bonds. The van der Waals surface area contributed by atoms with Crippen molar-refractivity contribution in [3.05, 3.63) is 0 Å². The fourth-order valence-corrected chi connectivity index (χ4v) is 4.01. The minimum absolute atomic E-state index is 0. The molecule has 5 N–H and O–H groups in total. The van der Waals surface area contributed by atoms with Gasteiger partial charge in [-0.2, -0.15) is 0 Å². The highest BCUT2D eigenvalue weighted by molar-refractivity contribution is 4.87. The topological polar surface area (TPSA) is 102 Å². The lowest BCUT2D eigenvalue weighted by Crippen LogP contribution is -2.39. The van der Waals surface area contributed by atoms with Crippen LogP contribution in [0.2, 0.25) is 0 Å². The third-order valence-corrected chi connectivity index (χ3v) is 5.25. The van der Waals surface area contributed by atoms with Gasteiger partial charge in [-0.25, -0.2) is 0 Å². The van der Waals surface area contributed by atoms with E-state index in [1.165, 1.54) is 32.1 Å². The van der Waals surface area contributed by atoms with E-state index in [-0.39, 0.29) is 16.9 Å². The van der Waals surface area contributed by atoms with Crippen molar-refractivity contribution in [3.63, 3.8) is 0 Å². The van der Waals surface area contributed by atoms with Gasteiger partial charge in [0.05, 0.1) is 12.7 Å². The van der Waals surface area contributed by atoms with Gasteiger partial charge >= 0.3 is 0 Å². The van der Waals surface area contributed by atoms with Gasteiger partial charge in [-0.3, -0.25) is 0 Å². The Morgan fingerprint density at radius 3 is 2.57 bits per heavy atom. The van der Waals surface area contributed by atoms with Crippen LogP contribution in [0.5, 0.6) is 0 Å². The van der Waals surface area contributed by atoms with Crippen LogP contribution < -0.4 is 0 Å². The van der Waals surface area contributed by atoms with Crippen LogP contribution in [0.1, 0.15) is 52.9 Å². The Hall–Kier alpha value is -0.200. The van der Waals surface area contributed by atoms with Crippen LogP contribution in [-0.4, -0.2) is 41.7 Å². The summed E-state index contributed by atoms with van der Waals surface area (Å²) in [6, 6.07) is 0. The number of ether oxygens (including phenoxy) is 2. The van der Waals surface area contributed by atoms with Crippen LogP contribution >= 0.6 is 0 Å². The Morgan fingerprint density at radius 2 is 1.90 bits per heavy atom. The SMILES string of the molecule is CCO[C@@H](O)[C@H](C)[C@@H]1CCC[C@@H]2CCC(C)OCC21.O.O. The number of hydrogen-bond donors (Lipinski definition) is 1. The first-order valence-electron chi connectivity index (χ1n) is 8.04. The smallest absolute Gasteiger partial charge is 0.157 e. The number of aliphatic hydroxyl groups is 1. The minimum Gasteiger partial charge on any atom is -0.412 e. The van der Waals surface area contributed by atoms with Crippen molar-refractivity contribution in [1.29, 1.82) is 0 Å². The van der Waals surface area contributed by atoms with E-state index in [4.69, 9.17) is 9.47 Å². The zero-order valence-electron chi connectivity index (χ0n) is 13.7. The van der Waals surface area contributed by atoms with Crippen molar-refractivity contribution in [1.82, 2.24) is 0 Å². The molecular formula is C16H34O5. The van der Waals surface area contributed by atoms with Crippen molar-refractivity contribution < 1.29 is 25.5 Å². The molecule has 5 heteroatoms. The predicted molar refractivity (Wildman–Crippen MR) is 83.0 cm³/mol. The molecule has 0 spiro atoms. The summed E-state index contributed by atoms with van der Waals surface area (Å²) >= 11 is 0. The fraction of sp³-hybridized carbons (Fsp3) is 1.00. The second kappa shape index (κ2) is 9.74. The monoisotopic (exact) mass is 306 g/mol. The van der Waals surface area contributed by atoms with Gasteiger partial charge in [-0.05, 0) is 50.9 Å². The maximum absolute atomic E-state index is 10.1. The van der Waals surface area contributed by atoms with Gasteiger partial charge in [0, 0.05) is 12.5 Å². The third-order valence-electron chi connectivity index (χ3n) is 5.25. The lowest BCUT2D eigenvalue weighted by molar-refractivity contribution is -0.152. The van der Waals surface area contributed by atoms with E-state index in [2.05, 4.69) is 13.8 Å². The molecule has 2 fully saturated rings. The van der Waals surface area contributed by atoms with Crippen molar-refractivity contribution in [2.75, 3.05) is 13.2 Å². The zero-order valence-corrected chi connectivity index (χ0v) is 13.7. The average molecular weight is 306 g/mol. The molecule has 0 radical (unpaired) electrons. The first kappa shape index (κ1) is 20.8. The van der Waals surface area contributed by atoms with E-state index in [0.717, 1.165) is 12.5 Å². The highest BCUT2D eigenvalue weighted by Gasteiger charge is 2.40. The minimum atomic E-state index is -0.616. The summed E-state index contributed by atoms with van der Waals surface area (Å²) in [5.41, 5.74) is 0. The molecule has 1 aliphatic heterocycles. The maximum Gasteiger partial charge on any atom is 0.157 e. The summed E-state index contributed by atoms with van der Waals surface area (Å²) in [5.74, 6) is 2.17. The number of aliphatic hydroxyl groups excluding tert-OH is 1. The van der Waals surface area contributed by atoms with Gasteiger partial charge in [0.15, 0.2) is 6.29 Å². The molecule has 2 unspecified atom stereocenters. The first-order chi connectivity index (χ1) is 9.13. The molecule has 5 nitrogen and oxygen atoms in total. The predicted octanol–water partition coefficient (Wildman–Crippen LogP) is 1.56. The lowest BCUT2D eigenvalue weighted by atomic mass is 9.66. The molecular weight excluding hydrogens is 272 g/mol. The third kappa shape index (κ3) is 5.18. The quantitative estimate of drug-likeness (QED) is 0.797. The molecule has 1 heterocycles. The van der Waals surface area contributed by atoms with Gasteiger partial charge in [-0.1, -0.05) is 19.8 Å². The molecule has 6 atom stereocenters. The molecule has 128 valence electrons. The Bertz CT molecular complexity index is 273. The maximum atomic E-state index is 10.1. The second-order valence-corrected chi connectivity index (χ2v) is 6.45. The highest BCUT2D eigenvalue weighted by atomic mass is 16.6. The first-order valence-corrected chi connectivity index (χ1v) is 8.04. The van der Waals surface area contributed by atoms with E-state index in [1.807, 2.05) is 6.92 Å². The molecule has 2 aliphatic rings. The molecule has 0 aromatic heterocycles. The van der Waals surface area contributed by atoms with E-state index >= 15 is 0 Å². The highest BCUT2D eigenvalue weighted by Crippen LogP contribution is 2.44. The summed E-state index contributed by atoms with van der Waals surface area (Å²) in [7, 11) is 0. The molecule has 1 saturated carbocycles. The standard InChI is InChI=1S/C16H30O3.2H2O/c1-4-18-16(17)12(3)14-7-5-6-13-9-8-11(2)19-10-15(13)14;;/h11-17H,4-10H2,1-3H3;2*1H2/t11?,12-,13-,14+,15?,16-;;/m1../s1. The summed E-state index contributed by atoms with van der Waals surface area (Å²) < 4.78 is 11.4. The lowest BCUT2D eigenvalue weighted by Gasteiger charge is -2.41. The van der Waals surface area contributed by atoms with Crippen molar-refractivity contribution in [2.24, 2.45) is 23.7 Å². The normalized spacial score (nSPS) is 35.4. The molecule has 0 bridgehead atoms. The van der Waals surface area contributed by atoms with Gasteiger partial charge in [-0.15, -0.1) is 0 Å². The van der Waals surface area contributed by atoms with Gasteiger partial charge in [0.1, 0.15) is 0 Å². The molecule has 2 rings (SSSR count). The van der Waals surface area contributed by atoms with Gasteiger partial charge < -0.3 is 25.5 Å². The van der Waals surface area contributed by atoms with E-state index in [1.54, 1.807) is 0 Å². The van der Waals surface area contributed by atoms with Crippen LogP contribution in [0.4, 0.5) is 0 Å². The Morgan fingerprint density at radius 1 is 1.19 bits per heavy atom. The average Bonchev–Trinajstić information content (AvgIpc) is 2.60. The molecule has 1 saturated heterocycles. The largest absolute Gasteiger partial charge is 0.412 e. The molecule has 1 aliphatic carbocycles. The van der Waals surface area contributed by atoms with Gasteiger partial charge in [0.2, 0.25) is 0 Å². The molecule has 0 aromatic carbocycles. The van der Waals surface area contributed by atoms with Crippen molar-refractivity contribution in [2.45, 2.75) is 65.3 Å². The van der Waals surface area contributed by atoms with Crippen LogP contribution in [0.3, 0.4) is 0 Å². The summed E-state index contributed by atoms with van der Waals surface area (Å²) in [6.45, 7) is 7.72. The molecule has 21 heavy (non-hydrogen) atoms. The number of hydrogen-bond acceptors (Lipinski definition) is 3.